The number of nitrogens with zero attached hydrogens (tertiary/aromatic N) is 3. The Labute approximate surface area is 326 Å². The van der Waals surface area contributed by atoms with Gasteiger partial charge in [0.05, 0.1) is 32.7 Å². The summed E-state index contributed by atoms with van der Waals surface area (Å²) in [6, 6.07) is 0. The number of allylic oxidation sites excluding steroid dienone is 4. The molecule has 0 atom stereocenters. The molecule has 0 fully saturated rings. The van der Waals surface area contributed by atoms with Crippen LogP contribution < -0.4 is 11.5 Å². The summed E-state index contributed by atoms with van der Waals surface area (Å²) in [4.78, 5) is 78.4. The van der Waals surface area contributed by atoms with E-state index in [4.69, 9.17) is 37.0 Å². The van der Waals surface area contributed by atoms with Gasteiger partial charge in [-0.05, 0) is 38.5 Å². The molecule has 0 unspecified atom stereocenters. The Kier molecular flexibility index (Phi) is 39.3. The maximum atomic E-state index is 11.0. The van der Waals surface area contributed by atoms with E-state index in [0.29, 0.717) is 12.8 Å². The number of aliphatic carboxylic acids is 5. The van der Waals surface area contributed by atoms with Gasteiger partial charge in [0.1, 0.15) is 0 Å². The number of primary amides is 2. The maximum Gasteiger partial charge on any atom is 0.317 e. The van der Waals surface area contributed by atoms with Crippen LogP contribution in [0.2, 0.25) is 0 Å². The minimum atomic E-state index is -1.24. The second kappa shape index (κ2) is 39.3. The average molecular weight is 788 g/mol. The first-order valence-corrected chi connectivity index (χ1v) is 19.2. The molecule has 0 saturated heterocycles. The van der Waals surface area contributed by atoms with Gasteiger partial charge in [-0.15, -0.1) is 0 Å². The number of hydrogen-bond donors (Lipinski definition) is 7. The molecule has 0 aliphatic carbocycles. The molecule has 0 rings (SSSR count). The van der Waals surface area contributed by atoms with Crippen molar-refractivity contribution in [1.29, 1.82) is 0 Å². The smallest absolute Gasteiger partial charge is 0.317 e. The molecule has 17 heteroatoms. The van der Waals surface area contributed by atoms with Crippen LogP contribution in [-0.2, 0) is 33.6 Å². The Morgan fingerprint density at radius 3 is 0.927 bits per heavy atom. The third-order valence-electron chi connectivity index (χ3n) is 7.66. The molecular weight excluding hydrogens is 718 g/mol. The number of rotatable bonds is 34. The quantitative estimate of drug-likeness (QED) is 0.0362. The zero-order valence-corrected chi connectivity index (χ0v) is 33.1. The van der Waals surface area contributed by atoms with Gasteiger partial charge < -0.3 is 37.0 Å². The highest BCUT2D eigenvalue weighted by Crippen LogP contribution is 2.07. The van der Waals surface area contributed by atoms with Gasteiger partial charge in [-0.1, -0.05) is 89.5 Å². The van der Waals surface area contributed by atoms with Crippen LogP contribution in [0, 0.1) is 0 Å². The predicted octanol–water partition coefficient (Wildman–Crippen LogP) is 3.65. The van der Waals surface area contributed by atoms with Crippen LogP contribution >= 0.6 is 0 Å². The van der Waals surface area contributed by atoms with Crippen molar-refractivity contribution in [3.63, 3.8) is 0 Å². The Morgan fingerprint density at radius 1 is 0.400 bits per heavy atom. The molecule has 0 aromatic rings. The second-order valence-corrected chi connectivity index (χ2v) is 13.0. The number of carbonyl (C=O) groups excluding carboxylic acids is 2. The van der Waals surface area contributed by atoms with E-state index in [1.165, 1.54) is 69.1 Å². The number of carbonyl (C=O) groups is 7. The first-order chi connectivity index (χ1) is 26.0. The molecule has 0 aliphatic rings. The van der Waals surface area contributed by atoms with Gasteiger partial charge in [-0.25, -0.2) is 0 Å². The molecule has 0 bridgehead atoms. The molecule has 9 N–H and O–H groups in total. The lowest BCUT2D eigenvalue weighted by Gasteiger charge is -2.27. The van der Waals surface area contributed by atoms with Gasteiger partial charge in [0.15, 0.2) is 0 Å². The molecule has 2 amide bonds. The molecule has 0 aliphatic heterocycles. The summed E-state index contributed by atoms with van der Waals surface area (Å²) in [7, 11) is 0. The standard InChI is InChI=1S/C14H23N3O10.2C12H23NO/c18-10(19)5-15(1-3-16(6-11(20)21)7-12(22)23)2-4-17(8-13(24)25)9-14(26)27;2*1-2-3-4-5-6-7-8-9-10-11-12(13)14/h1-9H2,(H,18,19)(H,20,21)(H,22,23)(H,24,25)(H,26,27);2*8-9H,2-7,10-11H2,1H3,(H2,13,14). The molecule has 0 heterocycles. The van der Waals surface area contributed by atoms with Crippen molar-refractivity contribution in [3.05, 3.63) is 24.3 Å². The Hall–Kier alpha value is -4.35. The molecule has 0 saturated carbocycles. The lowest BCUT2D eigenvalue weighted by Crippen LogP contribution is -2.45. The fourth-order valence-electron chi connectivity index (χ4n) is 4.87. The van der Waals surface area contributed by atoms with Crippen molar-refractivity contribution in [3.8, 4) is 0 Å². The third kappa shape index (κ3) is 49.6. The normalized spacial score (nSPS) is 11.0. The number of unbranched alkanes of at least 4 members (excludes halogenated alkanes) is 10. The molecule has 0 spiro atoms. The van der Waals surface area contributed by atoms with E-state index in [9.17, 15) is 33.6 Å². The highest BCUT2D eigenvalue weighted by Gasteiger charge is 2.19. The monoisotopic (exact) mass is 787 g/mol. The summed E-state index contributed by atoms with van der Waals surface area (Å²) < 4.78 is 0. The predicted molar refractivity (Wildman–Crippen MR) is 209 cm³/mol. The van der Waals surface area contributed by atoms with Crippen molar-refractivity contribution in [2.45, 2.75) is 117 Å². The number of carboxylic acid groups (broad SMARTS) is 5. The van der Waals surface area contributed by atoms with Crippen LogP contribution in [0.1, 0.15) is 117 Å². The van der Waals surface area contributed by atoms with E-state index in [2.05, 4.69) is 38.2 Å². The van der Waals surface area contributed by atoms with Crippen LogP contribution in [0.15, 0.2) is 24.3 Å². The summed E-state index contributed by atoms with van der Waals surface area (Å²) in [6.45, 7) is 1.72. The largest absolute Gasteiger partial charge is 0.480 e. The van der Waals surface area contributed by atoms with Crippen LogP contribution in [0.4, 0.5) is 0 Å². The first-order valence-electron chi connectivity index (χ1n) is 19.2. The van der Waals surface area contributed by atoms with Crippen molar-refractivity contribution in [2.24, 2.45) is 11.5 Å². The van der Waals surface area contributed by atoms with Crippen molar-refractivity contribution < 1.29 is 59.1 Å². The van der Waals surface area contributed by atoms with Gasteiger partial charge in [0, 0.05) is 39.0 Å². The highest BCUT2D eigenvalue weighted by atomic mass is 16.4. The van der Waals surface area contributed by atoms with E-state index >= 15 is 0 Å². The molecule has 0 aromatic heterocycles. The van der Waals surface area contributed by atoms with Crippen LogP contribution in [0.5, 0.6) is 0 Å². The number of hydrogen-bond acceptors (Lipinski definition) is 10. The molecular formula is C38H69N5O12. The SMILES string of the molecule is CCCCCCCC=CCCC(N)=O.CCCCCCCC=CCCC(N)=O.O=C(O)CN(CCN(CC(=O)O)CC(=O)O)CCN(CC(=O)O)CC(=O)O. The first kappa shape index (κ1) is 55.0. The Balaban J connectivity index is -0.000000813. The Bertz CT molecular complexity index is 1020. The molecule has 0 radical (unpaired) electrons. The van der Waals surface area contributed by atoms with Gasteiger partial charge in [0.2, 0.25) is 11.8 Å². The van der Waals surface area contributed by atoms with Gasteiger partial charge in [-0.2, -0.15) is 0 Å². The number of nitrogens with two attached hydrogens (primary N) is 2. The van der Waals surface area contributed by atoms with E-state index in [-0.39, 0.29) is 38.0 Å². The zero-order valence-electron chi connectivity index (χ0n) is 33.1. The average Bonchev–Trinajstić information content (AvgIpc) is 3.07. The van der Waals surface area contributed by atoms with Gasteiger partial charge >= 0.3 is 29.8 Å². The van der Waals surface area contributed by atoms with Gasteiger partial charge in [0.25, 0.3) is 0 Å². The van der Waals surface area contributed by atoms with Crippen molar-refractivity contribution in [2.75, 3.05) is 58.9 Å². The summed E-state index contributed by atoms with van der Waals surface area (Å²) in [5, 5.41) is 44.1. The van der Waals surface area contributed by atoms with Crippen molar-refractivity contribution in [1.82, 2.24) is 14.7 Å². The lowest BCUT2D eigenvalue weighted by atomic mass is 10.1. The number of carboxylic acids is 5. The van der Waals surface area contributed by atoms with E-state index in [1.807, 2.05) is 0 Å². The Morgan fingerprint density at radius 2 is 0.655 bits per heavy atom. The van der Waals surface area contributed by atoms with Crippen LogP contribution in [0.3, 0.4) is 0 Å². The topological polar surface area (TPSA) is 282 Å². The minimum absolute atomic E-state index is 0.000836. The van der Waals surface area contributed by atoms with Crippen LogP contribution in [-0.4, -0.2) is 141 Å². The lowest BCUT2D eigenvalue weighted by molar-refractivity contribution is -0.143. The number of amides is 2. The van der Waals surface area contributed by atoms with E-state index in [0.717, 1.165) is 35.5 Å². The zero-order chi connectivity index (χ0) is 42.3. The van der Waals surface area contributed by atoms with Crippen molar-refractivity contribution >= 4 is 41.7 Å². The van der Waals surface area contributed by atoms with E-state index in [1.54, 1.807) is 0 Å². The van der Waals surface area contributed by atoms with E-state index < -0.39 is 62.6 Å². The summed E-state index contributed by atoms with van der Waals surface area (Å²) in [5.41, 5.74) is 10.0. The second-order valence-electron chi connectivity index (χ2n) is 13.0. The van der Waals surface area contributed by atoms with Gasteiger partial charge in [-0.3, -0.25) is 48.3 Å². The molecule has 0 aromatic carbocycles. The third-order valence-corrected chi connectivity index (χ3v) is 7.66. The fourth-order valence-corrected chi connectivity index (χ4v) is 4.87. The molecule has 55 heavy (non-hydrogen) atoms. The highest BCUT2D eigenvalue weighted by molar-refractivity contribution is 5.74. The molecule has 318 valence electrons. The van der Waals surface area contributed by atoms with Crippen LogP contribution in [0.25, 0.3) is 0 Å². The fraction of sp³-hybridized carbons (Fsp3) is 0.711. The minimum Gasteiger partial charge on any atom is -0.480 e. The summed E-state index contributed by atoms with van der Waals surface area (Å²) >= 11 is 0. The maximum absolute atomic E-state index is 11.0. The molecule has 17 nitrogen and oxygen atoms in total. The summed E-state index contributed by atoms with van der Waals surface area (Å²) in [5.74, 6) is -6.58. The summed E-state index contributed by atoms with van der Waals surface area (Å²) in [6.07, 6.45) is 26.5.